The second-order valence-corrected chi connectivity index (χ2v) is 5.35. The first-order valence-corrected chi connectivity index (χ1v) is 6.89. The van der Waals surface area contributed by atoms with Gasteiger partial charge in [-0.3, -0.25) is 4.90 Å². The third-order valence-electron chi connectivity index (χ3n) is 3.83. The monoisotopic (exact) mass is 290 g/mol. The number of hydrogen-bond donors (Lipinski definition) is 0. The van der Waals surface area contributed by atoms with Gasteiger partial charge in [-0.25, -0.2) is 0 Å². The van der Waals surface area contributed by atoms with Crippen molar-refractivity contribution in [3.05, 3.63) is 70.8 Å². The maximum atomic E-state index is 12.5. The van der Waals surface area contributed by atoms with Gasteiger partial charge in [0.1, 0.15) is 0 Å². The number of fused-ring (bicyclic) bond motifs is 1. The molecule has 0 atom stereocenters. The van der Waals surface area contributed by atoms with Gasteiger partial charge in [-0.05, 0) is 41.3 Å². The van der Waals surface area contributed by atoms with E-state index in [1.807, 2.05) is 12.1 Å². The molecule has 0 saturated heterocycles. The Kier molecular flexibility index (Phi) is 3.72. The maximum absolute atomic E-state index is 12.5. The zero-order chi connectivity index (χ0) is 14.9. The summed E-state index contributed by atoms with van der Waals surface area (Å²) in [5, 5.41) is 0. The first-order valence-electron chi connectivity index (χ1n) is 6.89. The summed E-state index contributed by atoms with van der Waals surface area (Å²) in [5.74, 6) is 0. The molecule has 0 saturated carbocycles. The maximum Gasteiger partial charge on any atom is 0.416 e. The van der Waals surface area contributed by atoms with Crippen LogP contribution in [0.3, 0.4) is 0 Å². The number of nitrogens with zero attached hydrogens (tertiary/aromatic N) is 1. The third kappa shape index (κ3) is 3.27. The highest BCUT2D eigenvalue weighted by Gasteiger charge is 2.30. The fraction of sp³-hybridized carbons (Fsp3) is 0.294. The van der Waals surface area contributed by atoms with Crippen LogP contribution >= 0.6 is 0 Å². The quantitative estimate of drug-likeness (QED) is 0.806. The molecule has 0 unspecified atom stereocenters. The number of rotatable bonds is 2. The molecule has 1 nitrogen and oxygen atoms in total. The van der Waals surface area contributed by atoms with E-state index in [-0.39, 0.29) is 0 Å². The molecule has 1 heterocycles. The number of alkyl halides is 3. The summed E-state index contributed by atoms with van der Waals surface area (Å²) in [6, 6.07) is 14.5. The van der Waals surface area contributed by atoms with Crippen LogP contribution in [0.4, 0.5) is 13.2 Å². The average Bonchev–Trinajstić information content (AvgIpc) is 2.47. The molecular weight excluding hydrogens is 275 g/mol. The Morgan fingerprint density at radius 3 is 2.52 bits per heavy atom. The van der Waals surface area contributed by atoms with Gasteiger partial charge in [-0.15, -0.1) is 0 Å². The van der Waals surface area contributed by atoms with E-state index in [9.17, 15) is 13.2 Å². The Hall–Kier alpha value is -1.81. The first-order chi connectivity index (χ1) is 10.0. The number of hydrogen-bond acceptors (Lipinski definition) is 1. The molecule has 0 aliphatic carbocycles. The van der Waals surface area contributed by atoms with Crippen LogP contribution in [-0.4, -0.2) is 11.4 Å². The zero-order valence-corrected chi connectivity index (χ0v) is 11.5. The molecule has 2 aromatic rings. The fourth-order valence-corrected chi connectivity index (χ4v) is 2.67. The lowest BCUT2D eigenvalue weighted by molar-refractivity contribution is -0.137. The molecule has 0 fully saturated rings. The predicted octanol–water partition coefficient (Wildman–Crippen LogP) is 4.06. The van der Waals surface area contributed by atoms with Crippen molar-refractivity contribution in [3.8, 4) is 0 Å². The smallest absolute Gasteiger partial charge is 0.294 e. The van der Waals surface area contributed by atoms with Gasteiger partial charge >= 0.3 is 6.18 Å². The van der Waals surface area contributed by atoms with Gasteiger partial charge in [0.2, 0.25) is 0 Å². The topological polar surface area (TPSA) is 3.24 Å². The molecule has 0 amide bonds. The van der Waals surface area contributed by atoms with Gasteiger partial charge in [-0.2, -0.15) is 13.2 Å². The Bertz CT molecular complexity index is 617. The Morgan fingerprint density at radius 2 is 1.81 bits per heavy atom. The lowest BCUT2D eigenvalue weighted by Gasteiger charge is -2.28. The Morgan fingerprint density at radius 1 is 1.05 bits per heavy atom. The van der Waals surface area contributed by atoms with Crippen molar-refractivity contribution in [1.82, 2.24) is 4.90 Å². The van der Waals surface area contributed by atoms with E-state index in [0.29, 0.717) is 6.54 Å². The molecule has 3 rings (SSSR count). The van der Waals surface area contributed by atoms with E-state index >= 15 is 0 Å². The van der Waals surface area contributed by atoms with Crippen molar-refractivity contribution < 1.29 is 13.2 Å². The molecule has 4 heteroatoms. The van der Waals surface area contributed by atoms with Crippen LogP contribution in [-0.2, 0) is 25.7 Å². The molecule has 2 aromatic carbocycles. The van der Waals surface area contributed by atoms with Gasteiger partial charge in [0.25, 0.3) is 0 Å². The summed E-state index contributed by atoms with van der Waals surface area (Å²) >= 11 is 0. The van der Waals surface area contributed by atoms with Crippen molar-refractivity contribution in [3.63, 3.8) is 0 Å². The van der Waals surface area contributed by atoms with Crippen molar-refractivity contribution in [1.29, 1.82) is 0 Å². The lowest BCUT2D eigenvalue weighted by atomic mass is 9.99. The zero-order valence-electron chi connectivity index (χ0n) is 11.5. The minimum Gasteiger partial charge on any atom is -0.294 e. The number of halogens is 3. The molecule has 1 aliphatic heterocycles. The molecule has 0 spiro atoms. The van der Waals surface area contributed by atoms with Crippen molar-refractivity contribution in [2.24, 2.45) is 0 Å². The molecule has 0 N–H and O–H groups in total. The van der Waals surface area contributed by atoms with Crippen LogP contribution in [0.2, 0.25) is 0 Å². The van der Waals surface area contributed by atoms with Gasteiger partial charge in [0.15, 0.2) is 0 Å². The summed E-state index contributed by atoms with van der Waals surface area (Å²) in [7, 11) is 0. The Balaban J connectivity index is 1.68. The third-order valence-corrected chi connectivity index (χ3v) is 3.83. The minimum atomic E-state index is -4.26. The largest absolute Gasteiger partial charge is 0.416 e. The summed E-state index contributed by atoms with van der Waals surface area (Å²) in [6.45, 7) is 2.44. The van der Waals surface area contributed by atoms with Crippen LogP contribution in [0, 0.1) is 6.07 Å². The number of benzene rings is 2. The molecule has 21 heavy (non-hydrogen) atoms. The highest BCUT2D eigenvalue weighted by Crippen LogP contribution is 2.29. The van der Waals surface area contributed by atoms with E-state index in [1.165, 1.54) is 11.1 Å². The highest BCUT2D eigenvalue weighted by molar-refractivity contribution is 5.29. The van der Waals surface area contributed by atoms with Crippen molar-refractivity contribution >= 4 is 0 Å². The van der Waals surface area contributed by atoms with Crippen LogP contribution in [0.5, 0.6) is 0 Å². The van der Waals surface area contributed by atoms with Gasteiger partial charge in [0.05, 0.1) is 5.56 Å². The lowest BCUT2D eigenvalue weighted by Crippen LogP contribution is -2.29. The standard InChI is InChI=1S/C17H15F3N/c18-17(19,20)16-7-5-13(6-8-16)11-21-10-9-14-3-1-2-4-15(14)12-21/h2-8H,9-12H2. The van der Waals surface area contributed by atoms with Crippen molar-refractivity contribution in [2.45, 2.75) is 25.7 Å². The molecule has 109 valence electrons. The summed E-state index contributed by atoms with van der Waals surface area (Å²) in [5.41, 5.74) is 2.92. The van der Waals surface area contributed by atoms with Crippen LogP contribution in [0.25, 0.3) is 0 Å². The molecule has 0 aromatic heterocycles. The first kappa shape index (κ1) is 14.1. The van der Waals surface area contributed by atoms with Gasteiger partial charge < -0.3 is 0 Å². The van der Waals surface area contributed by atoms with Crippen LogP contribution < -0.4 is 0 Å². The molecule has 0 bridgehead atoms. The fourth-order valence-electron chi connectivity index (χ4n) is 2.67. The van der Waals surface area contributed by atoms with Crippen LogP contribution in [0.1, 0.15) is 22.3 Å². The highest BCUT2D eigenvalue weighted by atomic mass is 19.4. The summed E-state index contributed by atoms with van der Waals surface area (Å²) in [4.78, 5) is 2.25. The molecular formula is C17H15F3N. The van der Waals surface area contributed by atoms with Gasteiger partial charge in [0, 0.05) is 19.6 Å². The van der Waals surface area contributed by atoms with Crippen LogP contribution in [0.15, 0.2) is 42.5 Å². The average molecular weight is 290 g/mol. The van der Waals surface area contributed by atoms with E-state index in [4.69, 9.17) is 0 Å². The van der Waals surface area contributed by atoms with Crippen molar-refractivity contribution in [2.75, 3.05) is 6.54 Å². The van der Waals surface area contributed by atoms with E-state index in [1.54, 1.807) is 12.1 Å². The summed E-state index contributed by atoms with van der Waals surface area (Å²) in [6.07, 6.45) is -3.30. The second-order valence-electron chi connectivity index (χ2n) is 5.35. The van der Waals surface area contributed by atoms with E-state index in [0.717, 1.165) is 37.2 Å². The summed E-state index contributed by atoms with van der Waals surface area (Å²) < 4.78 is 37.6. The second kappa shape index (κ2) is 5.53. The normalized spacial score (nSPS) is 15.8. The Labute approximate surface area is 122 Å². The molecule has 1 radical (unpaired) electrons. The minimum absolute atomic E-state index is 0.592. The van der Waals surface area contributed by atoms with E-state index in [2.05, 4.69) is 17.0 Å². The van der Waals surface area contributed by atoms with E-state index < -0.39 is 11.7 Å². The van der Waals surface area contributed by atoms with Gasteiger partial charge in [-0.1, -0.05) is 30.3 Å². The molecule has 1 aliphatic rings. The SMILES string of the molecule is FC(F)(F)c1ccc(CN2CCc3c[c]ccc3C2)cc1. The predicted molar refractivity (Wildman–Crippen MR) is 74.5 cm³/mol.